The molecule has 0 spiro atoms. The first-order chi connectivity index (χ1) is 11.2. The maximum atomic E-state index is 6.41. The highest BCUT2D eigenvalue weighted by molar-refractivity contribution is 6.37. The van der Waals surface area contributed by atoms with Gasteiger partial charge in [0.05, 0.1) is 5.02 Å². The molecular weight excluding hydrogens is 310 g/mol. The van der Waals surface area contributed by atoms with Gasteiger partial charge in [-0.15, -0.1) is 0 Å². The third-order valence-electron chi connectivity index (χ3n) is 3.71. The van der Waals surface area contributed by atoms with Crippen molar-refractivity contribution >= 4 is 22.4 Å². The van der Waals surface area contributed by atoms with E-state index in [0.29, 0.717) is 11.6 Å². The first kappa shape index (κ1) is 15.9. The van der Waals surface area contributed by atoms with Crippen LogP contribution in [-0.4, -0.2) is 19.7 Å². The number of nitrogens with one attached hydrogen (secondary N) is 1. The molecule has 0 amide bonds. The van der Waals surface area contributed by atoms with E-state index in [-0.39, 0.29) is 0 Å². The summed E-state index contributed by atoms with van der Waals surface area (Å²) in [6.07, 6.45) is 0.880. The van der Waals surface area contributed by atoms with Crippen LogP contribution in [0.25, 0.3) is 10.8 Å². The molecule has 23 heavy (non-hydrogen) atoms. The number of ether oxygens (including phenoxy) is 1. The summed E-state index contributed by atoms with van der Waals surface area (Å²) in [5, 5.41) is 6.16. The SMILES string of the molecule is Cc1ccc(CCNCCOc2ccc3ccccc3c2Cl)o1. The van der Waals surface area contributed by atoms with Crippen LogP contribution in [0.3, 0.4) is 0 Å². The molecule has 0 aliphatic heterocycles. The molecule has 0 aliphatic carbocycles. The largest absolute Gasteiger partial charge is 0.491 e. The van der Waals surface area contributed by atoms with Gasteiger partial charge < -0.3 is 14.5 Å². The summed E-state index contributed by atoms with van der Waals surface area (Å²) in [6, 6.07) is 16.0. The predicted molar refractivity (Wildman–Crippen MR) is 94.5 cm³/mol. The molecule has 0 aliphatic rings. The molecule has 1 aromatic heterocycles. The van der Waals surface area contributed by atoms with Gasteiger partial charge in [-0.05, 0) is 30.5 Å². The van der Waals surface area contributed by atoms with Gasteiger partial charge in [0.25, 0.3) is 0 Å². The maximum Gasteiger partial charge on any atom is 0.138 e. The Hall–Kier alpha value is -1.97. The molecule has 0 bridgehead atoms. The van der Waals surface area contributed by atoms with Crippen molar-refractivity contribution in [2.24, 2.45) is 0 Å². The Morgan fingerprint density at radius 3 is 2.74 bits per heavy atom. The van der Waals surface area contributed by atoms with Crippen molar-refractivity contribution in [3.63, 3.8) is 0 Å². The zero-order valence-corrected chi connectivity index (χ0v) is 13.9. The lowest BCUT2D eigenvalue weighted by Crippen LogP contribution is -2.23. The van der Waals surface area contributed by atoms with Gasteiger partial charge in [0.15, 0.2) is 0 Å². The molecule has 1 N–H and O–H groups in total. The molecule has 3 aromatic rings. The molecule has 3 nitrogen and oxygen atoms in total. The summed E-state index contributed by atoms with van der Waals surface area (Å²) in [5.74, 6) is 2.69. The van der Waals surface area contributed by atoms with Gasteiger partial charge in [-0.2, -0.15) is 0 Å². The van der Waals surface area contributed by atoms with Crippen LogP contribution in [0.1, 0.15) is 11.5 Å². The van der Waals surface area contributed by atoms with Gasteiger partial charge in [-0.25, -0.2) is 0 Å². The summed E-state index contributed by atoms with van der Waals surface area (Å²) in [4.78, 5) is 0. The number of furan rings is 1. The fourth-order valence-corrected chi connectivity index (χ4v) is 2.80. The Morgan fingerprint density at radius 1 is 1.04 bits per heavy atom. The quantitative estimate of drug-likeness (QED) is 0.643. The van der Waals surface area contributed by atoms with Crippen molar-refractivity contribution in [3.05, 3.63) is 65.1 Å². The second-order valence-corrected chi connectivity index (χ2v) is 5.84. The van der Waals surface area contributed by atoms with Crippen LogP contribution in [0.5, 0.6) is 5.75 Å². The Labute approximate surface area is 141 Å². The molecule has 120 valence electrons. The zero-order chi connectivity index (χ0) is 16.1. The van der Waals surface area contributed by atoms with Crippen molar-refractivity contribution in [1.29, 1.82) is 0 Å². The standard InChI is InChI=1S/C19H20ClNO2/c1-14-6-8-16(23-14)10-11-21-12-13-22-18-9-7-15-4-2-3-5-17(15)19(18)20/h2-9,21H,10-13H2,1H3. The number of hydrogen-bond donors (Lipinski definition) is 1. The first-order valence-electron chi connectivity index (χ1n) is 7.80. The molecule has 2 aromatic carbocycles. The van der Waals surface area contributed by atoms with E-state index in [2.05, 4.69) is 5.32 Å². The minimum atomic E-state index is 0.579. The molecule has 0 unspecified atom stereocenters. The summed E-state index contributed by atoms with van der Waals surface area (Å²) in [6.45, 7) is 4.16. The average Bonchev–Trinajstić information content (AvgIpc) is 2.98. The molecule has 4 heteroatoms. The van der Waals surface area contributed by atoms with Gasteiger partial charge in [-0.1, -0.05) is 41.9 Å². The Kier molecular flexibility index (Phi) is 5.21. The number of benzene rings is 2. The minimum Gasteiger partial charge on any atom is -0.491 e. The van der Waals surface area contributed by atoms with Gasteiger partial charge in [-0.3, -0.25) is 0 Å². The molecule has 0 fully saturated rings. The normalized spacial score (nSPS) is 11.0. The van der Waals surface area contributed by atoms with Crippen LogP contribution in [0.15, 0.2) is 52.9 Å². The summed E-state index contributed by atoms with van der Waals surface area (Å²) < 4.78 is 11.3. The third-order valence-corrected chi connectivity index (χ3v) is 4.10. The fraction of sp³-hybridized carbons (Fsp3) is 0.263. The van der Waals surface area contributed by atoms with Gasteiger partial charge in [0, 0.05) is 24.9 Å². The summed E-state index contributed by atoms with van der Waals surface area (Å²) in [5.41, 5.74) is 0. The van der Waals surface area contributed by atoms with E-state index in [9.17, 15) is 0 Å². The molecular formula is C19H20ClNO2. The van der Waals surface area contributed by atoms with Crippen molar-refractivity contribution < 1.29 is 9.15 Å². The number of halogens is 1. The Balaban J connectivity index is 1.45. The van der Waals surface area contributed by atoms with E-state index >= 15 is 0 Å². The molecule has 1 heterocycles. The van der Waals surface area contributed by atoms with E-state index in [0.717, 1.165) is 47.6 Å². The third kappa shape index (κ3) is 4.06. The second kappa shape index (κ2) is 7.53. The van der Waals surface area contributed by atoms with E-state index in [1.165, 1.54) is 0 Å². The highest BCUT2D eigenvalue weighted by Crippen LogP contribution is 2.32. The number of rotatable bonds is 7. The van der Waals surface area contributed by atoms with Crippen LogP contribution < -0.4 is 10.1 Å². The lowest BCUT2D eigenvalue weighted by molar-refractivity contribution is 0.314. The second-order valence-electron chi connectivity index (χ2n) is 5.46. The van der Waals surface area contributed by atoms with E-state index in [1.54, 1.807) is 0 Å². The number of aryl methyl sites for hydroxylation is 1. The first-order valence-corrected chi connectivity index (χ1v) is 8.18. The van der Waals surface area contributed by atoms with Gasteiger partial charge >= 0.3 is 0 Å². The fourth-order valence-electron chi connectivity index (χ4n) is 2.51. The van der Waals surface area contributed by atoms with Crippen molar-refractivity contribution in [2.75, 3.05) is 19.7 Å². The molecule has 0 atom stereocenters. The van der Waals surface area contributed by atoms with E-state index < -0.39 is 0 Å². The van der Waals surface area contributed by atoms with Gasteiger partial charge in [0.1, 0.15) is 23.9 Å². The predicted octanol–water partition coefficient (Wildman–Crippen LogP) is 4.61. The maximum absolute atomic E-state index is 6.41. The monoisotopic (exact) mass is 329 g/mol. The van der Waals surface area contributed by atoms with Crippen molar-refractivity contribution in [2.45, 2.75) is 13.3 Å². The van der Waals surface area contributed by atoms with Crippen LogP contribution in [0.4, 0.5) is 0 Å². The van der Waals surface area contributed by atoms with E-state index in [1.807, 2.05) is 55.5 Å². The molecule has 0 radical (unpaired) electrons. The van der Waals surface area contributed by atoms with Crippen molar-refractivity contribution in [1.82, 2.24) is 5.32 Å². The summed E-state index contributed by atoms with van der Waals surface area (Å²) in [7, 11) is 0. The van der Waals surface area contributed by atoms with E-state index in [4.69, 9.17) is 20.8 Å². The topological polar surface area (TPSA) is 34.4 Å². The number of hydrogen-bond acceptors (Lipinski definition) is 3. The highest BCUT2D eigenvalue weighted by Gasteiger charge is 2.06. The van der Waals surface area contributed by atoms with Crippen LogP contribution in [-0.2, 0) is 6.42 Å². The van der Waals surface area contributed by atoms with Crippen LogP contribution in [0.2, 0.25) is 5.02 Å². The molecule has 0 saturated heterocycles. The lowest BCUT2D eigenvalue weighted by atomic mass is 10.1. The Bertz CT molecular complexity index is 782. The zero-order valence-electron chi connectivity index (χ0n) is 13.1. The lowest BCUT2D eigenvalue weighted by Gasteiger charge is -2.10. The Morgan fingerprint density at radius 2 is 1.91 bits per heavy atom. The van der Waals surface area contributed by atoms with Crippen molar-refractivity contribution in [3.8, 4) is 5.75 Å². The number of fused-ring (bicyclic) bond motifs is 1. The average molecular weight is 330 g/mol. The van der Waals surface area contributed by atoms with Crippen LogP contribution in [0, 0.1) is 6.92 Å². The minimum absolute atomic E-state index is 0.579. The molecule has 0 saturated carbocycles. The molecule has 3 rings (SSSR count). The highest BCUT2D eigenvalue weighted by atomic mass is 35.5. The van der Waals surface area contributed by atoms with Crippen LogP contribution >= 0.6 is 11.6 Å². The smallest absolute Gasteiger partial charge is 0.138 e. The van der Waals surface area contributed by atoms with Gasteiger partial charge in [0.2, 0.25) is 0 Å². The summed E-state index contributed by atoms with van der Waals surface area (Å²) >= 11 is 6.41.